The molecule has 0 amide bonds. The molecule has 0 saturated carbocycles. The van der Waals surface area contributed by atoms with Crippen molar-refractivity contribution in [3.63, 3.8) is 0 Å². The molecule has 1 rings (SSSR count). The van der Waals surface area contributed by atoms with Gasteiger partial charge in [-0.3, -0.25) is 0 Å². The molecule has 0 aliphatic rings. The predicted octanol–water partition coefficient (Wildman–Crippen LogP) is -1.58. The Kier molecular flexibility index (Phi) is 5.08. The minimum absolute atomic E-state index is 0. The number of carboxylic acids is 1. The van der Waals surface area contributed by atoms with Gasteiger partial charge in [0, 0.05) is 5.69 Å². The molecule has 0 fully saturated rings. The Balaban J connectivity index is 0.00000225. The van der Waals surface area contributed by atoms with Crippen LogP contribution in [0.3, 0.4) is 0 Å². The van der Waals surface area contributed by atoms with Gasteiger partial charge in [0.05, 0.1) is 15.6 Å². The van der Waals surface area contributed by atoms with E-state index in [2.05, 4.69) is 0 Å². The molecule has 1 aromatic carbocycles. The Morgan fingerprint density at radius 1 is 1.38 bits per heavy atom. The number of hydrogen-bond donors (Lipinski definition) is 1. The van der Waals surface area contributed by atoms with E-state index in [9.17, 15) is 18.7 Å². The van der Waals surface area contributed by atoms with Crippen LogP contribution in [0.4, 0.5) is 14.5 Å². The Labute approximate surface area is 112 Å². The molecule has 82 valence electrons. The van der Waals surface area contributed by atoms with Crippen molar-refractivity contribution in [1.82, 2.24) is 0 Å². The first-order valence-corrected chi connectivity index (χ1v) is 4.37. The Hall–Kier alpha value is -0.473. The van der Waals surface area contributed by atoms with Gasteiger partial charge in [-0.1, -0.05) is 23.2 Å². The van der Waals surface area contributed by atoms with E-state index in [-0.39, 0.29) is 23.9 Å². The van der Waals surface area contributed by atoms with Gasteiger partial charge >= 0.3 is 24.8 Å². The fourth-order valence-electron chi connectivity index (χ4n) is 0.987. The third-order valence-electron chi connectivity index (χ3n) is 1.70. The second-order valence-corrected chi connectivity index (χ2v) is 3.47. The third kappa shape index (κ3) is 2.61. The molecule has 16 heavy (non-hydrogen) atoms. The summed E-state index contributed by atoms with van der Waals surface area (Å²) in [5, 5.41) is 9.42. The molecule has 0 saturated heterocycles. The van der Waals surface area contributed by atoms with Gasteiger partial charge in [0.2, 0.25) is 0 Å². The van der Waals surface area contributed by atoms with Gasteiger partial charge in [-0.25, -0.2) is 0 Å². The smallest absolute Gasteiger partial charge is 0.544 e. The second-order valence-electron chi connectivity index (χ2n) is 2.69. The van der Waals surface area contributed by atoms with Crippen molar-refractivity contribution in [2.24, 2.45) is 0 Å². The van der Waals surface area contributed by atoms with Crippen molar-refractivity contribution < 1.29 is 37.5 Å². The summed E-state index contributed by atoms with van der Waals surface area (Å²) in [6, 6.07) is 2.23. The van der Waals surface area contributed by atoms with Crippen LogP contribution in [0.25, 0.3) is 0 Å². The largest absolute Gasteiger partial charge is 1.00 e. The summed E-state index contributed by atoms with van der Waals surface area (Å²) in [5.74, 6) is -6.86. The fourth-order valence-corrected chi connectivity index (χ4v) is 1.44. The first kappa shape index (κ1) is 15.5. The molecule has 0 aromatic heterocycles. The number of hydrogen-bond acceptors (Lipinski definition) is 3. The van der Waals surface area contributed by atoms with Gasteiger partial charge in [0.25, 0.3) is 0 Å². The number of carboxylic acid groups (broad SMARTS) is 1. The maximum absolute atomic E-state index is 13.1. The molecule has 0 radical (unpaired) electrons. The minimum Gasteiger partial charge on any atom is -0.544 e. The molecule has 0 unspecified atom stereocenters. The molecular formula is C8H4Cl2F2LiNO2. The van der Waals surface area contributed by atoms with Gasteiger partial charge < -0.3 is 15.6 Å². The number of rotatable bonds is 2. The zero-order valence-corrected chi connectivity index (χ0v) is 9.57. The number of carbonyl (C=O) groups is 1. The Morgan fingerprint density at radius 3 is 2.31 bits per heavy atom. The van der Waals surface area contributed by atoms with Crippen LogP contribution in [-0.4, -0.2) is 5.97 Å². The van der Waals surface area contributed by atoms with Crippen LogP contribution >= 0.6 is 23.2 Å². The van der Waals surface area contributed by atoms with E-state index in [1.165, 1.54) is 6.07 Å². The number of carbonyl (C=O) groups excluding carboxylic acids is 1. The zero-order valence-electron chi connectivity index (χ0n) is 8.06. The van der Waals surface area contributed by atoms with Crippen LogP contribution in [0.1, 0.15) is 5.56 Å². The van der Waals surface area contributed by atoms with E-state index in [4.69, 9.17) is 28.9 Å². The quantitative estimate of drug-likeness (QED) is 0.516. The van der Waals surface area contributed by atoms with Crippen molar-refractivity contribution in [2.75, 3.05) is 5.73 Å². The molecule has 0 bridgehead atoms. The minimum atomic E-state index is -4.27. The number of anilines is 1. The molecule has 3 nitrogen and oxygen atoms in total. The summed E-state index contributed by atoms with van der Waals surface area (Å²) >= 11 is 10.9. The number of benzene rings is 1. The molecule has 8 heteroatoms. The van der Waals surface area contributed by atoms with Crippen LogP contribution in [0.5, 0.6) is 0 Å². The van der Waals surface area contributed by atoms with Crippen LogP contribution in [-0.2, 0) is 10.7 Å². The number of nitrogens with two attached hydrogens (primary N) is 1. The summed E-state index contributed by atoms with van der Waals surface area (Å²) < 4.78 is 26.2. The van der Waals surface area contributed by atoms with Crippen LogP contribution in [0, 0.1) is 0 Å². The number of nitrogen functional groups attached to an aromatic ring is 1. The maximum atomic E-state index is 13.1. The Bertz CT molecular complexity index is 429. The topological polar surface area (TPSA) is 66.2 Å². The molecule has 0 heterocycles. The molecule has 1 aromatic rings. The summed E-state index contributed by atoms with van der Waals surface area (Å²) in [4.78, 5) is 10.2. The van der Waals surface area contributed by atoms with E-state index in [0.717, 1.165) is 6.07 Å². The average molecular weight is 262 g/mol. The van der Waals surface area contributed by atoms with E-state index in [1.807, 2.05) is 0 Å². The van der Waals surface area contributed by atoms with Gasteiger partial charge in [0.1, 0.15) is 5.97 Å². The van der Waals surface area contributed by atoms with Gasteiger partial charge in [-0.15, -0.1) is 0 Å². The van der Waals surface area contributed by atoms with Gasteiger partial charge in [0.15, 0.2) is 0 Å². The molecule has 0 atom stereocenters. The van der Waals surface area contributed by atoms with Crippen molar-refractivity contribution in [2.45, 2.75) is 5.92 Å². The first-order chi connectivity index (χ1) is 6.78. The van der Waals surface area contributed by atoms with Crippen molar-refractivity contribution in [3.8, 4) is 0 Å². The third-order valence-corrected chi connectivity index (χ3v) is 2.50. The SMILES string of the molecule is Nc1ccc(Cl)c(Cl)c1C(F)(F)C(=O)[O-].[Li+]. The summed E-state index contributed by atoms with van der Waals surface area (Å²) in [6.07, 6.45) is 0. The zero-order chi connectivity index (χ0) is 11.8. The second kappa shape index (κ2) is 5.24. The Morgan fingerprint density at radius 2 is 1.88 bits per heavy atom. The normalized spacial score (nSPS) is 10.8. The molecule has 0 aliphatic carbocycles. The van der Waals surface area contributed by atoms with Crippen LogP contribution < -0.4 is 29.7 Å². The number of alkyl halides is 2. The number of aliphatic carboxylic acids is 1. The van der Waals surface area contributed by atoms with E-state index in [0.29, 0.717) is 0 Å². The monoisotopic (exact) mass is 261 g/mol. The van der Waals surface area contributed by atoms with Crippen molar-refractivity contribution >= 4 is 34.9 Å². The average Bonchev–Trinajstić information content (AvgIpc) is 2.11. The predicted molar refractivity (Wildman–Crippen MR) is 49.8 cm³/mol. The summed E-state index contributed by atoms with van der Waals surface area (Å²) in [7, 11) is 0. The number of halogens is 4. The van der Waals surface area contributed by atoms with E-state index >= 15 is 0 Å². The van der Waals surface area contributed by atoms with Crippen molar-refractivity contribution in [1.29, 1.82) is 0 Å². The summed E-state index contributed by atoms with van der Waals surface area (Å²) in [6.45, 7) is 0. The van der Waals surface area contributed by atoms with E-state index < -0.39 is 28.2 Å². The molecule has 0 aliphatic heterocycles. The fraction of sp³-hybridized carbons (Fsp3) is 0.125. The van der Waals surface area contributed by atoms with Gasteiger partial charge in [-0.05, 0) is 12.1 Å². The molecular weight excluding hydrogens is 258 g/mol. The van der Waals surface area contributed by atoms with Crippen LogP contribution in [0.15, 0.2) is 12.1 Å². The van der Waals surface area contributed by atoms with E-state index in [1.54, 1.807) is 0 Å². The maximum Gasteiger partial charge on any atom is 1.00 e. The first-order valence-electron chi connectivity index (χ1n) is 3.61. The van der Waals surface area contributed by atoms with Gasteiger partial charge in [-0.2, -0.15) is 8.78 Å². The van der Waals surface area contributed by atoms with Crippen LogP contribution in [0.2, 0.25) is 10.0 Å². The summed E-state index contributed by atoms with van der Waals surface area (Å²) in [5.41, 5.74) is 3.70. The standard InChI is InChI=1S/C8H5Cl2F2NO2.Li/c9-3-1-2-4(13)5(6(3)10)8(11,12)7(14)15;/h1-2H,13H2,(H,14,15);/q;+1/p-1. The molecule has 0 spiro atoms. The molecule has 2 N–H and O–H groups in total. The van der Waals surface area contributed by atoms with Crippen molar-refractivity contribution in [3.05, 3.63) is 27.7 Å².